The van der Waals surface area contributed by atoms with E-state index in [0.29, 0.717) is 34.6 Å². The zero-order chi connectivity index (χ0) is 20.4. The van der Waals surface area contributed by atoms with Crippen molar-refractivity contribution in [1.82, 2.24) is 9.88 Å². The molecule has 2 heterocycles. The van der Waals surface area contributed by atoms with Crippen molar-refractivity contribution in [2.75, 3.05) is 23.7 Å². The average molecular weight is 423 g/mol. The Bertz CT molecular complexity index is 891. The Morgan fingerprint density at radius 1 is 1.21 bits per heavy atom. The van der Waals surface area contributed by atoms with Crippen molar-refractivity contribution in [3.05, 3.63) is 52.1 Å². The number of anilines is 2. The predicted molar refractivity (Wildman–Crippen MR) is 109 cm³/mol. The molecule has 0 bridgehead atoms. The number of nitrogen functional groups attached to an aromatic ring is 1. The van der Waals surface area contributed by atoms with E-state index in [9.17, 15) is 9.59 Å². The molecule has 9 heteroatoms. The van der Waals surface area contributed by atoms with E-state index < -0.39 is 18.3 Å². The first-order valence-electron chi connectivity index (χ1n) is 8.70. The molecule has 1 aromatic heterocycles. The maximum atomic E-state index is 12.5. The van der Waals surface area contributed by atoms with Gasteiger partial charge in [0.15, 0.2) is 5.82 Å². The summed E-state index contributed by atoms with van der Waals surface area (Å²) in [4.78, 5) is 31.5. The number of hydrogen-bond acceptors (Lipinski definition) is 5. The molecule has 2 aromatic rings. The van der Waals surface area contributed by atoms with Gasteiger partial charge >= 0.3 is 5.97 Å². The first-order valence-corrected chi connectivity index (χ1v) is 9.46. The number of pyridine rings is 1. The number of aliphatic carboxylic acids is 1. The average Bonchev–Trinajstić information content (AvgIpc) is 2.62. The molecule has 2 atom stereocenters. The molecule has 0 radical (unpaired) electrons. The highest BCUT2D eigenvalue weighted by molar-refractivity contribution is 6.31. The number of carbonyl (C=O) groups excluding carboxylic acids is 1. The minimum absolute atomic E-state index is 0.215. The minimum atomic E-state index is -1.15. The quantitative estimate of drug-likeness (QED) is 0.733. The van der Waals surface area contributed by atoms with Crippen molar-refractivity contribution in [2.45, 2.75) is 25.4 Å². The Kier molecular flexibility index (Phi) is 5.96. The number of nitrogens with two attached hydrogens (primary N) is 1. The van der Waals surface area contributed by atoms with E-state index in [1.165, 1.54) is 6.20 Å². The third kappa shape index (κ3) is 4.31. The number of carboxylic acids is 1. The Morgan fingerprint density at radius 2 is 1.89 bits per heavy atom. The lowest BCUT2D eigenvalue weighted by Crippen LogP contribution is -2.56. The van der Waals surface area contributed by atoms with E-state index in [-0.39, 0.29) is 12.1 Å². The molecule has 1 aromatic carbocycles. The van der Waals surface area contributed by atoms with Gasteiger partial charge in [0.2, 0.25) is 5.91 Å². The van der Waals surface area contributed by atoms with Gasteiger partial charge in [-0.3, -0.25) is 9.59 Å². The lowest BCUT2D eigenvalue weighted by atomic mass is 9.99. The van der Waals surface area contributed by atoms with Gasteiger partial charge in [-0.2, -0.15) is 0 Å². The van der Waals surface area contributed by atoms with Crippen molar-refractivity contribution in [2.24, 2.45) is 0 Å². The molecule has 2 unspecified atom stereocenters. The number of benzene rings is 1. The molecule has 28 heavy (non-hydrogen) atoms. The Hall–Kier alpha value is -2.51. The zero-order valence-corrected chi connectivity index (χ0v) is 16.7. The molecule has 3 rings (SSSR count). The van der Waals surface area contributed by atoms with Crippen LogP contribution in [0, 0.1) is 0 Å². The van der Waals surface area contributed by atoms with E-state index >= 15 is 0 Å². The fourth-order valence-electron chi connectivity index (χ4n) is 3.45. The predicted octanol–water partition coefficient (Wildman–Crippen LogP) is 3.22. The Morgan fingerprint density at radius 3 is 2.50 bits per heavy atom. The second-order valence-electron chi connectivity index (χ2n) is 6.75. The molecule has 0 spiro atoms. The molecule has 0 aliphatic carbocycles. The number of carboxylic acid groups (broad SMARTS) is 1. The standard InChI is InChI=1S/C19H20Cl2N4O3/c1-11-9-25(19-15(22)6-14(21)8-23-19)16(12-2-4-13(20)5-3-12)10-24(11)17(26)7-18(27)28/h2-6,8,11,16H,7,9-10,22H2,1H3,(H,27,28). The normalized spacial score (nSPS) is 19.5. The fraction of sp³-hybridized carbons (Fsp3) is 0.316. The summed E-state index contributed by atoms with van der Waals surface area (Å²) in [6.45, 7) is 2.62. The smallest absolute Gasteiger partial charge is 0.312 e. The van der Waals surface area contributed by atoms with Gasteiger partial charge in [-0.05, 0) is 30.7 Å². The third-order valence-corrected chi connectivity index (χ3v) is 5.21. The van der Waals surface area contributed by atoms with Crippen molar-refractivity contribution >= 4 is 46.6 Å². The summed E-state index contributed by atoms with van der Waals surface area (Å²) in [7, 11) is 0. The summed E-state index contributed by atoms with van der Waals surface area (Å²) in [6.07, 6.45) is 0.984. The van der Waals surface area contributed by atoms with Crippen molar-refractivity contribution in [3.8, 4) is 0 Å². The summed E-state index contributed by atoms with van der Waals surface area (Å²) in [6, 6.07) is 8.46. The van der Waals surface area contributed by atoms with Gasteiger partial charge in [-0.25, -0.2) is 4.98 Å². The highest BCUT2D eigenvalue weighted by Gasteiger charge is 2.36. The Labute approximate surface area is 172 Å². The van der Waals surface area contributed by atoms with E-state index in [0.717, 1.165) is 5.56 Å². The molecule has 1 aliphatic rings. The van der Waals surface area contributed by atoms with E-state index in [1.54, 1.807) is 23.1 Å². The van der Waals surface area contributed by atoms with Crippen molar-refractivity contribution < 1.29 is 14.7 Å². The second-order valence-corrected chi connectivity index (χ2v) is 7.62. The molecule has 0 saturated carbocycles. The molecule has 1 saturated heterocycles. The number of carbonyl (C=O) groups is 2. The zero-order valence-electron chi connectivity index (χ0n) is 15.2. The number of aromatic nitrogens is 1. The summed E-state index contributed by atoms with van der Waals surface area (Å²) in [5.74, 6) is -0.997. The van der Waals surface area contributed by atoms with Gasteiger partial charge in [0.25, 0.3) is 0 Å². The lowest BCUT2D eigenvalue weighted by molar-refractivity contribution is -0.145. The number of hydrogen-bond donors (Lipinski definition) is 2. The number of piperazine rings is 1. The minimum Gasteiger partial charge on any atom is -0.481 e. The van der Waals surface area contributed by atoms with Crippen LogP contribution in [0.25, 0.3) is 0 Å². The number of nitrogens with zero attached hydrogens (tertiary/aromatic N) is 3. The molecule has 148 valence electrons. The molecule has 7 nitrogen and oxygen atoms in total. The second kappa shape index (κ2) is 8.24. The highest BCUT2D eigenvalue weighted by Crippen LogP contribution is 2.35. The summed E-state index contributed by atoms with van der Waals surface area (Å²) in [5.41, 5.74) is 7.51. The van der Waals surface area contributed by atoms with Crippen LogP contribution >= 0.6 is 23.2 Å². The molecule has 1 aliphatic heterocycles. The van der Waals surface area contributed by atoms with Crippen LogP contribution in [0.15, 0.2) is 36.5 Å². The Balaban J connectivity index is 1.99. The van der Waals surface area contributed by atoms with Gasteiger partial charge in [-0.1, -0.05) is 35.3 Å². The van der Waals surface area contributed by atoms with Crippen LogP contribution < -0.4 is 10.6 Å². The largest absolute Gasteiger partial charge is 0.481 e. The molecular formula is C19H20Cl2N4O3. The topological polar surface area (TPSA) is 99.8 Å². The van der Waals surface area contributed by atoms with Crippen molar-refractivity contribution in [3.63, 3.8) is 0 Å². The first-order chi connectivity index (χ1) is 13.3. The van der Waals surface area contributed by atoms with Crippen LogP contribution in [0.2, 0.25) is 10.0 Å². The summed E-state index contributed by atoms with van der Waals surface area (Å²) in [5, 5.41) is 10.0. The van der Waals surface area contributed by atoms with Gasteiger partial charge in [-0.15, -0.1) is 0 Å². The van der Waals surface area contributed by atoms with E-state index in [4.69, 9.17) is 34.0 Å². The fourth-order valence-corrected chi connectivity index (χ4v) is 3.74. The lowest BCUT2D eigenvalue weighted by Gasteiger charge is -2.46. The number of rotatable bonds is 4. The monoisotopic (exact) mass is 422 g/mol. The summed E-state index contributed by atoms with van der Waals surface area (Å²) < 4.78 is 0. The van der Waals surface area contributed by atoms with Gasteiger partial charge in [0.05, 0.1) is 16.8 Å². The SMILES string of the molecule is CC1CN(c2ncc(Cl)cc2N)C(c2ccc(Cl)cc2)CN1C(=O)CC(=O)O. The third-order valence-electron chi connectivity index (χ3n) is 4.75. The van der Waals surface area contributed by atoms with Crippen LogP contribution in [0.3, 0.4) is 0 Å². The van der Waals surface area contributed by atoms with E-state index in [2.05, 4.69) is 4.98 Å². The van der Waals surface area contributed by atoms with Crippen LogP contribution in [-0.4, -0.2) is 46.0 Å². The van der Waals surface area contributed by atoms with Gasteiger partial charge in [0.1, 0.15) is 6.42 Å². The van der Waals surface area contributed by atoms with Crippen LogP contribution in [-0.2, 0) is 9.59 Å². The molecule has 1 fully saturated rings. The van der Waals surface area contributed by atoms with E-state index in [1.807, 2.05) is 24.0 Å². The maximum Gasteiger partial charge on any atom is 0.312 e. The highest BCUT2D eigenvalue weighted by atomic mass is 35.5. The number of halogens is 2. The van der Waals surface area contributed by atoms with Crippen molar-refractivity contribution in [1.29, 1.82) is 0 Å². The van der Waals surface area contributed by atoms with Gasteiger partial charge in [0, 0.05) is 30.4 Å². The van der Waals surface area contributed by atoms with Crippen LogP contribution in [0.5, 0.6) is 0 Å². The summed E-state index contributed by atoms with van der Waals surface area (Å²) >= 11 is 12.0. The van der Waals surface area contributed by atoms with Crippen LogP contribution in [0.1, 0.15) is 24.9 Å². The molecular weight excluding hydrogens is 403 g/mol. The first kappa shape index (κ1) is 20.2. The molecule has 3 N–H and O–H groups in total. The number of amides is 1. The van der Waals surface area contributed by atoms with Crippen LogP contribution in [0.4, 0.5) is 11.5 Å². The maximum absolute atomic E-state index is 12.5. The van der Waals surface area contributed by atoms with Gasteiger partial charge < -0.3 is 20.6 Å². The molecule has 1 amide bonds.